The van der Waals surface area contributed by atoms with E-state index in [1.54, 1.807) is 6.34 Å². The van der Waals surface area contributed by atoms with Gasteiger partial charge in [0, 0.05) is 0 Å². The van der Waals surface area contributed by atoms with E-state index in [2.05, 4.69) is 30.9 Å². The van der Waals surface area contributed by atoms with Gasteiger partial charge in [0.15, 0.2) is 6.67 Å². The third kappa shape index (κ3) is 4.21. The summed E-state index contributed by atoms with van der Waals surface area (Å²) in [5.41, 5.74) is 0. The van der Waals surface area contributed by atoms with Crippen molar-refractivity contribution in [2.45, 2.75) is 19.9 Å². The second-order valence-corrected chi connectivity index (χ2v) is 2.42. The van der Waals surface area contributed by atoms with Crippen molar-refractivity contribution in [3.05, 3.63) is 0 Å². The summed E-state index contributed by atoms with van der Waals surface area (Å²) >= 11 is 0. The van der Waals surface area contributed by atoms with Crippen molar-refractivity contribution < 1.29 is 4.58 Å². The van der Waals surface area contributed by atoms with E-state index in [1.807, 2.05) is 11.6 Å². The predicted molar refractivity (Wildman–Crippen MR) is 44.9 cm³/mol. The summed E-state index contributed by atoms with van der Waals surface area (Å²) in [4.78, 5) is 4.04. The van der Waals surface area contributed by atoms with Gasteiger partial charge in [-0.1, -0.05) is 4.99 Å². The minimum Gasteiger partial charge on any atom is -0.281 e. The van der Waals surface area contributed by atoms with E-state index in [9.17, 15) is 0 Å². The summed E-state index contributed by atoms with van der Waals surface area (Å²) in [5, 5.41) is 2.91. The lowest BCUT2D eigenvalue weighted by molar-refractivity contribution is -0.426. The monoisotopic (exact) mass is 142 g/mol. The molecule has 0 aliphatic carbocycles. The first kappa shape index (κ1) is 9.30. The minimum atomic E-state index is 0.417. The van der Waals surface area contributed by atoms with Gasteiger partial charge in [-0.15, -0.1) is 0 Å². The third-order valence-electron chi connectivity index (χ3n) is 1.14. The molecule has 0 aromatic rings. The van der Waals surface area contributed by atoms with Gasteiger partial charge >= 0.3 is 0 Å². The quantitative estimate of drug-likeness (QED) is 0.341. The first-order valence-electron chi connectivity index (χ1n) is 3.42. The smallest absolute Gasteiger partial charge is 0.281 e. The molecular weight excluding hydrogens is 126 g/mol. The van der Waals surface area contributed by atoms with Crippen LogP contribution in [0.4, 0.5) is 0 Å². The summed E-state index contributed by atoms with van der Waals surface area (Å²) < 4.78 is 1.82. The second-order valence-electron chi connectivity index (χ2n) is 2.42. The van der Waals surface area contributed by atoms with E-state index in [1.165, 1.54) is 0 Å². The van der Waals surface area contributed by atoms with Gasteiger partial charge in [0.2, 0.25) is 0 Å². The van der Waals surface area contributed by atoms with Gasteiger partial charge in [-0.2, -0.15) is 0 Å². The number of nitrogens with zero attached hydrogens (tertiary/aromatic N) is 2. The number of hydrogen-bond acceptors (Lipinski definition) is 2. The van der Waals surface area contributed by atoms with Gasteiger partial charge < -0.3 is 0 Å². The van der Waals surface area contributed by atoms with E-state index in [0.29, 0.717) is 12.7 Å². The molecule has 0 rings (SSSR count). The number of aliphatic imine (C=N–C) groups is 1. The number of nitrogens with one attached hydrogen (secondary N) is 1. The van der Waals surface area contributed by atoms with Crippen LogP contribution in [0.1, 0.15) is 13.8 Å². The molecule has 0 fully saturated rings. The van der Waals surface area contributed by atoms with Crippen LogP contribution >= 0.6 is 0 Å². The van der Waals surface area contributed by atoms with E-state index < -0.39 is 0 Å². The van der Waals surface area contributed by atoms with Crippen LogP contribution < -0.4 is 5.32 Å². The SMILES string of the molecule is C=[N+](/C=N\CNC)C(C)C. The fourth-order valence-electron chi connectivity index (χ4n) is 0.370. The van der Waals surface area contributed by atoms with E-state index in [4.69, 9.17) is 0 Å². The highest BCUT2D eigenvalue weighted by Crippen LogP contribution is 1.80. The Bertz CT molecular complexity index is 127. The topological polar surface area (TPSA) is 27.4 Å². The summed E-state index contributed by atoms with van der Waals surface area (Å²) in [6.07, 6.45) is 1.74. The molecule has 0 atom stereocenters. The Balaban J connectivity index is 3.56. The average Bonchev–Trinajstić information content (AvgIpc) is 1.88. The van der Waals surface area contributed by atoms with Crippen molar-refractivity contribution in [3.8, 4) is 0 Å². The zero-order valence-electron chi connectivity index (χ0n) is 6.96. The molecule has 0 saturated carbocycles. The van der Waals surface area contributed by atoms with E-state index in [-0.39, 0.29) is 0 Å². The molecule has 0 saturated heterocycles. The Labute approximate surface area is 62.5 Å². The largest absolute Gasteiger partial charge is 0.281 e. The molecule has 0 heterocycles. The van der Waals surface area contributed by atoms with Gasteiger partial charge in [0.1, 0.15) is 0 Å². The maximum absolute atomic E-state index is 4.04. The molecule has 0 aliphatic heterocycles. The normalized spacial score (nSPS) is 11.2. The predicted octanol–water partition coefficient (Wildman–Crippen LogP) is 0.313. The highest BCUT2D eigenvalue weighted by atomic mass is 15.1. The van der Waals surface area contributed by atoms with Crippen molar-refractivity contribution in [1.82, 2.24) is 5.32 Å². The van der Waals surface area contributed by atoms with Crippen LogP contribution in [0.25, 0.3) is 0 Å². The summed E-state index contributed by atoms with van der Waals surface area (Å²) in [6.45, 7) is 8.55. The summed E-state index contributed by atoms with van der Waals surface area (Å²) in [5.74, 6) is 0. The van der Waals surface area contributed by atoms with Gasteiger partial charge in [-0.05, 0) is 20.9 Å². The van der Waals surface area contributed by atoms with Crippen molar-refractivity contribution in [3.63, 3.8) is 0 Å². The summed E-state index contributed by atoms with van der Waals surface area (Å²) in [6, 6.07) is 0.417. The first-order valence-corrected chi connectivity index (χ1v) is 3.42. The average molecular weight is 142 g/mol. The Morgan fingerprint density at radius 2 is 2.30 bits per heavy atom. The van der Waals surface area contributed by atoms with Crippen molar-refractivity contribution >= 4 is 13.1 Å². The lowest BCUT2D eigenvalue weighted by Crippen LogP contribution is -2.17. The molecule has 0 bridgehead atoms. The van der Waals surface area contributed by atoms with Crippen LogP contribution in [0.2, 0.25) is 0 Å². The van der Waals surface area contributed by atoms with Crippen LogP contribution in [0.5, 0.6) is 0 Å². The zero-order chi connectivity index (χ0) is 7.98. The maximum Gasteiger partial charge on any atom is 0.281 e. The number of rotatable bonds is 4. The Morgan fingerprint density at radius 1 is 1.70 bits per heavy atom. The maximum atomic E-state index is 4.04. The molecule has 1 N–H and O–H groups in total. The van der Waals surface area contributed by atoms with Gasteiger partial charge in [0.25, 0.3) is 6.34 Å². The zero-order valence-corrected chi connectivity index (χ0v) is 6.96. The van der Waals surface area contributed by atoms with Crippen molar-refractivity contribution in [2.24, 2.45) is 4.99 Å². The van der Waals surface area contributed by atoms with Gasteiger partial charge in [-0.25, -0.2) is 4.58 Å². The molecule has 0 radical (unpaired) electrons. The third-order valence-corrected chi connectivity index (χ3v) is 1.14. The van der Waals surface area contributed by atoms with Crippen LogP contribution in [-0.4, -0.2) is 37.4 Å². The second kappa shape index (κ2) is 5.11. The Kier molecular flexibility index (Phi) is 4.76. The van der Waals surface area contributed by atoms with Gasteiger partial charge in [-0.3, -0.25) is 5.32 Å². The Hall–Kier alpha value is -0.700. The molecule has 3 nitrogen and oxygen atoms in total. The van der Waals surface area contributed by atoms with Crippen molar-refractivity contribution in [1.29, 1.82) is 0 Å². The molecule has 0 aromatic carbocycles. The number of hydrogen-bond donors (Lipinski definition) is 1. The van der Waals surface area contributed by atoms with Crippen LogP contribution in [-0.2, 0) is 0 Å². The molecule has 58 valence electrons. The lowest BCUT2D eigenvalue weighted by atomic mass is 10.4. The summed E-state index contributed by atoms with van der Waals surface area (Å²) in [7, 11) is 1.86. The van der Waals surface area contributed by atoms with E-state index >= 15 is 0 Å². The fraction of sp³-hybridized carbons (Fsp3) is 0.714. The highest BCUT2D eigenvalue weighted by molar-refractivity contribution is 5.47. The Morgan fingerprint density at radius 3 is 2.70 bits per heavy atom. The molecular formula is C7H16N3+. The van der Waals surface area contributed by atoms with Crippen LogP contribution in [0, 0.1) is 0 Å². The van der Waals surface area contributed by atoms with Gasteiger partial charge in [0.05, 0.1) is 12.8 Å². The standard InChI is InChI=1S/C7H16N3/c1-7(2)10(4)6-9-5-8-3/h6-8H,4-5H2,1-3H3/q+1/b9-6-. The molecule has 0 spiro atoms. The van der Waals surface area contributed by atoms with Crippen molar-refractivity contribution in [2.75, 3.05) is 13.7 Å². The van der Waals surface area contributed by atoms with E-state index in [0.717, 1.165) is 0 Å². The molecule has 10 heavy (non-hydrogen) atoms. The minimum absolute atomic E-state index is 0.417. The molecule has 0 aliphatic rings. The molecule has 0 aromatic heterocycles. The lowest BCUT2D eigenvalue weighted by Gasteiger charge is -1.98. The fourth-order valence-corrected chi connectivity index (χ4v) is 0.370. The molecule has 0 amide bonds. The molecule has 3 heteroatoms. The molecule has 0 unspecified atom stereocenters. The van der Waals surface area contributed by atoms with Crippen LogP contribution in [0.3, 0.4) is 0 Å². The van der Waals surface area contributed by atoms with Crippen LogP contribution in [0.15, 0.2) is 4.99 Å². The highest BCUT2D eigenvalue weighted by Gasteiger charge is 1.97. The first-order chi connectivity index (χ1) is 4.68.